The van der Waals surface area contributed by atoms with Crippen molar-refractivity contribution in [3.63, 3.8) is 0 Å². The van der Waals surface area contributed by atoms with Crippen LogP contribution < -0.4 is 5.32 Å². The SMILES string of the molecule is CN1CC[C@@H](C(=O)Nc2ccc(F)cn2)N1C(=O)C1(CN(O)C=O)CC1C1CCCC1. The quantitative estimate of drug-likeness (QED) is 0.385. The first-order chi connectivity index (χ1) is 14.9. The van der Waals surface area contributed by atoms with Crippen molar-refractivity contribution in [2.45, 2.75) is 44.6 Å². The lowest BCUT2D eigenvalue weighted by atomic mass is 9.92. The molecule has 4 rings (SSSR count). The Morgan fingerprint density at radius 2 is 2.10 bits per heavy atom. The predicted octanol–water partition coefficient (Wildman–Crippen LogP) is 1.65. The number of rotatable bonds is 7. The van der Waals surface area contributed by atoms with Crippen molar-refractivity contribution in [3.8, 4) is 0 Å². The van der Waals surface area contributed by atoms with Gasteiger partial charge in [-0.2, -0.15) is 0 Å². The molecule has 31 heavy (non-hydrogen) atoms. The van der Waals surface area contributed by atoms with Gasteiger partial charge in [0.1, 0.15) is 17.7 Å². The normalized spacial score (nSPS) is 28.5. The minimum Gasteiger partial charge on any atom is -0.309 e. The van der Waals surface area contributed by atoms with Gasteiger partial charge in [-0.1, -0.05) is 25.7 Å². The maximum absolute atomic E-state index is 13.8. The standard InChI is InChI=1S/C21H28FN5O4/c1-25-9-8-17(19(29)24-18-7-6-15(22)11-23-18)27(25)20(30)21(12-26(31)13-28)10-16(21)14-4-2-3-5-14/h6-7,11,13-14,16-17,31H,2-5,8-10,12H2,1H3,(H,23,24,29)/t16?,17-,21?/m0/s1. The Balaban J connectivity index is 1.54. The summed E-state index contributed by atoms with van der Waals surface area (Å²) >= 11 is 0. The lowest BCUT2D eigenvalue weighted by molar-refractivity contribution is -0.167. The van der Waals surface area contributed by atoms with E-state index >= 15 is 0 Å². The zero-order chi connectivity index (χ0) is 22.2. The highest BCUT2D eigenvalue weighted by Crippen LogP contribution is 2.61. The molecule has 1 aromatic rings. The van der Waals surface area contributed by atoms with E-state index in [1.165, 1.54) is 17.1 Å². The number of anilines is 1. The van der Waals surface area contributed by atoms with E-state index in [4.69, 9.17) is 0 Å². The van der Waals surface area contributed by atoms with Crippen molar-refractivity contribution in [2.24, 2.45) is 17.3 Å². The average molecular weight is 433 g/mol. The molecule has 1 aliphatic heterocycles. The highest BCUT2D eigenvalue weighted by atomic mass is 19.1. The summed E-state index contributed by atoms with van der Waals surface area (Å²) in [6.45, 7) is 0.441. The zero-order valence-corrected chi connectivity index (χ0v) is 17.5. The zero-order valence-electron chi connectivity index (χ0n) is 17.5. The Morgan fingerprint density at radius 1 is 1.35 bits per heavy atom. The molecule has 1 saturated heterocycles. The van der Waals surface area contributed by atoms with Crippen LogP contribution >= 0.6 is 0 Å². The second kappa shape index (κ2) is 8.51. The molecule has 3 atom stereocenters. The van der Waals surface area contributed by atoms with Crippen LogP contribution in [0.5, 0.6) is 0 Å². The highest BCUT2D eigenvalue weighted by Gasteiger charge is 2.65. The van der Waals surface area contributed by atoms with E-state index < -0.39 is 23.2 Å². The van der Waals surface area contributed by atoms with Gasteiger partial charge in [0.15, 0.2) is 0 Å². The molecule has 0 spiro atoms. The molecule has 3 fully saturated rings. The molecule has 1 aromatic heterocycles. The molecule has 0 aromatic carbocycles. The molecule has 2 unspecified atom stereocenters. The third-order valence-electron chi connectivity index (χ3n) is 6.97. The molecular formula is C21H28FN5O4. The smallest absolute Gasteiger partial charge is 0.250 e. The van der Waals surface area contributed by atoms with Gasteiger partial charge in [-0.15, -0.1) is 0 Å². The molecule has 2 heterocycles. The Bertz CT molecular complexity index is 847. The van der Waals surface area contributed by atoms with Crippen molar-refractivity contribution in [3.05, 3.63) is 24.1 Å². The number of pyridine rings is 1. The largest absolute Gasteiger partial charge is 0.309 e. The first-order valence-electron chi connectivity index (χ1n) is 10.7. The molecule has 2 aliphatic carbocycles. The fourth-order valence-electron chi connectivity index (χ4n) is 5.34. The van der Waals surface area contributed by atoms with Gasteiger partial charge in [-0.05, 0) is 36.8 Å². The van der Waals surface area contributed by atoms with Crippen LogP contribution in [0.3, 0.4) is 0 Å². The minimum absolute atomic E-state index is 0.0747. The van der Waals surface area contributed by atoms with Crippen LogP contribution in [0, 0.1) is 23.1 Å². The topological polar surface area (TPSA) is 106 Å². The number of carbonyl (C=O) groups excluding carboxylic acids is 3. The first kappa shape index (κ1) is 21.6. The number of aromatic nitrogens is 1. The van der Waals surface area contributed by atoms with E-state index in [0.717, 1.165) is 31.9 Å². The number of hydrogen-bond acceptors (Lipinski definition) is 6. The number of nitrogens with zero attached hydrogens (tertiary/aromatic N) is 4. The Kier molecular flexibility index (Phi) is 5.94. The number of carbonyl (C=O) groups is 3. The third kappa shape index (κ3) is 4.14. The van der Waals surface area contributed by atoms with Gasteiger partial charge in [0.2, 0.25) is 18.2 Å². The summed E-state index contributed by atoms with van der Waals surface area (Å²) in [6.07, 6.45) is 6.71. The second-order valence-corrected chi connectivity index (χ2v) is 8.90. The average Bonchev–Trinajstić information content (AvgIpc) is 3.08. The van der Waals surface area contributed by atoms with Crippen molar-refractivity contribution in [2.75, 3.05) is 25.5 Å². The molecule has 0 bridgehead atoms. The number of hydrogen-bond donors (Lipinski definition) is 2. The van der Waals surface area contributed by atoms with E-state index in [0.29, 0.717) is 36.8 Å². The molecule has 2 N–H and O–H groups in total. The number of hydrazine groups is 1. The van der Waals surface area contributed by atoms with Crippen molar-refractivity contribution < 1.29 is 24.0 Å². The van der Waals surface area contributed by atoms with Gasteiger partial charge in [0.25, 0.3) is 0 Å². The Hall–Kier alpha value is -2.59. The molecule has 9 nitrogen and oxygen atoms in total. The fourth-order valence-corrected chi connectivity index (χ4v) is 5.34. The third-order valence-corrected chi connectivity index (χ3v) is 6.97. The molecule has 3 amide bonds. The maximum Gasteiger partial charge on any atom is 0.250 e. The first-order valence-corrected chi connectivity index (χ1v) is 10.7. The number of nitrogens with one attached hydrogen (secondary N) is 1. The Labute approximate surface area is 180 Å². The van der Waals surface area contributed by atoms with E-state index in [2.05, 4.69) is 10.3 Å². The predicted molar refractivity (Wildman–Crippen MR) is 108 cm³/mol. The van der Waals surface area contributed by atoms with E-state index in [1.807, 2.05) is 0 Å². The molecule has 10 heteroatoms. The minimum atomic E-state index is -0.879. The lowest BCUT2D eigenvalue weighted by Crippen LogP contribution is -2.53. The second-order valence-electron chi connectivity index (χ2n) is 8.90. The van der Waals surface area contributed by atoms with Crippen LogP contribution in [-0.4, -0.2) is 69.7 Å². The van der Waals surface area contributed by atoms with Crippen LogP contribution in [-0.2, 0) is 14.4 Å². The number of amides is 3. The van der Waals surface area contributed by atoms with Crippen molar-refractivity contribution in [1.29, 1.82) is 0 Å². The van der Waals surface area contributed by atoms with Gasteiger partial charge in [-0.25, -0.2) is 19.4 Å². The van der Waals surface area contributed by atoms with Crippen molar-refractivity contribution in [1.82, 2.24) is 20.1 Å². The molecular weight excluding hydrogens is 405 g/mol. The van der Waals surface area contributed by atoms with Gasteiger partial charge in [0.05, 0.1) is 18.2 Å². The number of halogens is 1. The Morgan fingerprint density at radius 3 is 2.74 bits per heavy atom. The van der Waals surface area contributed by atoms with Crippen LogP contribution in [0.25, 0.3) is 0 Å². The summed E-state index contributed by atoms with van der Waals surface area (Å²) in [6, 6.07) is 1.83. The molecule has 2 saturated carbocycles. The summed E-state index contributed by atoms with van der Waals surface area (Å²) < 4.78 is 13.1. The van der Waals surface area contributed by atoms with Crippen molar-refractivity contribution >= 4 is 24.0 Å². The maximum atomic E-state index is 13.8. The van der Waals surface area contributed by atoms with Crippen LogP contribution in [0.4, 0.5) is 10.2 Å². The monoisotopic (exact) mass is 433 g/mol. The number of hydroxylamine groups is 2. The van der Waals surface area contributed by atoms with E-state index in [1.54, 1.807) is 12.1 Å². The molecule has 0 radical (unpaired) electrons. The summed E-state index contributed by atoms with van der Waals surface area (Å²) in [5.74, 6) is -0.450. The fraction of sp³-hybridized carbons (Fsp3) is 0.619. The summed E-state index contributed by atoms with van der Waals surface area (Å²) in [5.41, 5.74) is -0.879. The van der Waals surface area contributed by atoms with Gasteiger partial charge >= 0.3 is 0 Å². The van der Waals surface area contributed by atoms with Crippen LogP contribution in [0.15, 0.2) is 18.3 Å². The van der Waals surface area contributed by atoms with Crippen LogP contribution in [0.2, 0.25) is 0 Å². The summed E-state index contributed by atoms with van der Waals surface area (Å²) in [5, 5.41) is 16.3. The molecule has 3 aliphatic rings. The van der Waals surface area contributed by atoms with Gasteiger partial charge in [-0.3, -0.25) is 24.6 Å². The van der Waals surface area contributed by atoms with Crippen LogP contribution in [0.1, 0.15) is 38.5 Å². The van der Waals surface area contributed by atoms with E-state index in [9.17, 15) is 24.0 Å². The summed E-state index contributed by atoms with van der Waals surface area (Å²) in [7, 11) is 1.75. The molecule has 168 valence electrons. The lowest BCUT2D eigenvalue weighted by Gasteiger charge is -2.34. The summed E-state index contributed by atoms with van der Waals surface area (Å²) in [4.78, 5) is 41.6. The van der Waals surface area contributed by atoms with Gasteiger partial charge < -0.3 is 5.32 Å². The van der Waals surface area contributed by atoms with Gasteiger partial charge in [0, 0.05) is 13.6 Å². The highest BCUT2D eigenvalue weighted by molar-refractivity contribution is 5.98. The van der Waals surface area contributed by atoms with E-state index in [-0.39, 0.29) is 24.2 Å².